The molecule has 0 saturated carbocycles. The molecule has 1 aliphatic rings. The second-order valence-corrected chi connectivity index (χ2v) is 5.02. The van der Waals surface area contributed by atoms with Crippen LogP contribution in [0.4, 0.5) is 0 Å². The molecule has 1 aliphatic heterocycles. The first-order valence-electron chi connectivity index (χ1n) is 6.57. The Morgan fingerprint density at radius 3 is 2.84 bits per heavy atom. The van der Waals surface area contributed by atoms with Gasteiger partial charge >= 0.3 is 0 Å². The number of nitrogens with zero attached hydrogens (tertiary/aromatic N) is 1. The molecule has 19 heavy (non-hydrogen) atoms. The van der Waals surface area contributed by atoms with Gasteiger partial charge in [0.25, 0.3) is 5.91 Å². The van der Waals surface area contributed by atoms with Crippen LogP contribution in [-0.2, 0) is 16.1 Å². The van der Waals surface area contributed by atoms with Crippen molar-refractivity contribution in [2.75, 3.05) is 13.6 Å². The molecule has 0 radical (unpaired) electrons. The van der Waals surface area contributed by atoms with Crippen molar-refractivity contribution in [1.82, 2.24) is 10.3 Å². The Balaban J connectivity index is 1.78. The number of hydrogen-bond donors (Lipinski definition) is 2. The predicted molar refractivity (Wildman–Crippen MR) is 73.0 cm³/mol. The summed E-state index contributed by atoms with van der Waals surface area (Å²) < 4.78 is 5.69. The van der Waals surface area contributed by atoms with Crippen LogP contribution in [0.5, 0.6) is 0 Å². The largest absolute Gasteiger partial charge is 0.364 e. The van der Waals surface area contributed by atoms with Gasteiger partial charge in [-0.05, 0) is 25.5 Å². The van der Waals surface area contributed by atoms with E-state index in [9.17, 15) is 4.79 Å². The number of nitrogens with one attached hydrogen (secondary N) is 1. The molecule has 2 unspecified atom stereocenters. The zero-order chi connectivity index (χ0) is 13.7. The van der Waals surface area contributed by atoms with Gasteiger partial charge in [0.2, 0.25) is 0 Å². The van der Waals surface area contributed by atoms with Crippen LogP contribution in [0.1, 0.15) is 18.4 Å². The highest BCUT2D eigenvalue weighted by Crippen LogP contribution is 2.20. The van der Waals surface area contributed by atoms with Crippen LogP contribution in [-0.4, -0.2) is 36.6 Å². The van der Waals surface area contributed by atoms with Gasteiger partial charge in [0, 0.05) is 13.1 Å². The van der Waals surface area contributed by atoms with Crippen molar-refractivity contribution in [3.8, 4) is 0 Å². The molecular formula is C14H21N3O2. The molecule has 0 spiro atoms. The normalized spacial score (nSPS) is 22.7. The van der Waals surface area contributed by atoms with Crippen molar-refractivity contribution < 1.29 is 9.53 Å². The Hall–Kier alpha value is -1.43. The fourth-order valence-electron chi connectivity index (χ4n) is 2.43. The van der Waals surface area contributed by atoms with Gasteiger partial charge in [0.05, 0.1) is 6.10 Å². The maximum Gasteiger partial charge on any atom is 0.263 e. The second kappa shape index (κ2) is 6.65. The van der Waals surface area contributed by atoms with E-state index in [-0.39, 0.29) is 18.1 Å². The van der Waals surface area contributed by atoms with E-state index in [1.165, 1.54) is 5.56 Å². The standard InChI is InChI=1S/C14H21N3O2/c1-17(9-11-5-3-2-4-6-11)10-12-7-8-13(19-12)14(18)16-15/h2-6,12-13H,7-10,15H2,1H3,(H,16,18). The third-order valence-corrected chi connectivity index (χ3v) is 3.35. The smallest absolute Gasteiger partial charge is 0.263 e. The SMILES string of the molecule is CN(Cc1ccccc1)CC1CCC(C(=O)NN)O1. The van der Waals surface area contributed by atoms with Crippen molar-refractivity contribution in [3.05, 3.63) is 35.9 Å². The summed E-state index contributed by atoms with van der Waals surface area (Å²) in [5.41, 5.74) is 3.42. The van der Waals surface area contributed by atoms with Gasteiger partial charge in [-0.2, -0.15) is 0 Å². The van der Waals surface area contributed by atoms with Gasteiger partial charge < -0.3 is 4.74 Å². The highest BCUT2D eigenvalue weighted by Gasteiger charge is 2.30. The third-order valence-electron chi connectivity index (χ3n) is 3.35. The van der Waals surface area contributed by atoms with E-state index in [0.717, 1.165) is 25.9 Å². The van der Waals surface area contributed by atoms with Gasteiger partial charge in [0.15, 0.2) is 0 Å². The lowest BCUT2D eigenvalue weighted by molar-refractivity contribution is -0.132. The maximum absolute atomic E-state index is 11.4. The molecule has 1 aromatic carbocycles. The average Bonchev–Trinajstić information content (AvgIpc) is 2.87. The van der Waals surface area contributed by atoms with Crippen LogP contribution in [0, 0.1) is 0 Å². The molecule has 104 valence electrons. The Morgan fingerprint density at radius 1 is 1.42 bits per heavy atom. The van der Waals surface area contributed by atoms with E-state index in [1.807, 2.05) is 18.2 Å². The first kappa shape index (κ1) is 14.0. The third kappa shape index (κ3) is 4.02. The number of amides is 1. The van der Waals surface area contributed by atoms with Crippen LogP contribution >= 0.6 is 0 Å². The first-order chi connectivity index (χ1) is 9.19. The van der Waals surface area contributed by atoms with Gasteiger partial charge in [-0.1, -0.05) is 30.3 Å². The van der Waals surface area contributed by atoms with Crippen LogP contribution in [0.15, 0.2) is 30.3 Å². The number of ether oxygens (including phenoxy) is 1. The molecule has 0 bridgehead atoms. The van der Waals surface area contributed by atoms with E-state index >= 15 is 0 Å². The summed E-state index contributed by atoms with van der Waals surface area (Å²) in [5.74, 6) is 4.88. The summed E-state index contributed by atoms with van der Waals surface area (Å²) >= 11 is 0. The summed E-state index contributed by atoms with van der Waals surface area (Å²) in [6, 6.07) is 10.3. The van der Waals surface area contributed by atoms with Crippen molar-refractivity contribution in [2.24, 2.45) is 5.84 Å². The van der Waals surface area contributed by atoms with Crippen molar-refractivity contribution in [2.45, 2.75) is 31.6 Å². The van der Waals surface area contributed by atoms with Crippen LogP contribution in [0.3, 0.4) is 0 Å². The average molecular weight is 263 g/mol. The van der Waals surface area contributed by atoms with Crippen molar-refractivity contribution in [3.63, 3.8) is 0 Å². The van der Waals surface area contributed by atoms with Crippen molar-refractivity contribution in [1.29, 1.82) is 0 Å². The molecule has 0 aromatic heterocycles. The van der Waals surface area contributed by atoms with E-state index in [0.29, 0.717) is 0 Å². The Labute approximate surface area is 113 Å². The fraction of sp³-hybridized carbons (Fsp3) is 0.500. The molecule has 1 fully saturated rings. The Morgan fingerprint density at radius 2 is 2.16 bits per heavy atom. The van der Waals surface area contributed by atoms with E-state index < -0.39 is 0 Å². The number of likely N-dealkylation sites (N-methyl/N-ethyl adjacent to an activating group) is 1. The van der Waals surface area contributed by atoms with Crippen molar-refractivity contribution >= 4 is 5.91 Å². The molecule has 5 heteroatoms. The number of nitrogens with two attached hydrogens (primary N) is 1. The molecule has 2 atom stereocenters. The number of carbonyl (C=O) groups excluding carboxylic acids is 1. The van der Waals surface area contributed by atoms with E-state index in [4.69, 9.17) is 10.6 Å². The number of benzene rings is 1. The number of hydrogen-bond acceptors (Lipinski definition) is 4. The monoisotopic (exact) mass is 263 g/mol. The molecule has 1 heterocycles. The summed E-state index contributed by atoms with van der Waals surface area (Å²) in [6.07, 6.45) is 1.36. The van der Waals surface area contributed by atoms with Gasteiger partial charge in [-0.15, -0.1) is 0 Å². The van der Waals surface area contributed by atoms with Gasteiger partial charge in [-0.3, -0.25) is 15.1 Å². The predicted octanol–water partition coefficient (Wildman–Crippen LogP) is 0.656. The Kier molecular flexibility index (Phi) is 4.90. The molecule has 3 N–H and O–H groups in total. The molecule has 1 saturated heterocycles. The molecule has 1 amide bonds. The molecule has 1 aromatic rings. The summed E-state index contributed by atoms with van der Waals surface area (Å²) in [6.45, 7) is 1.71. The lowest BCUT2D eigenvalue weighted by Crippen LogP contribution is -2.39. The minimum atomic E-state index is -0.389. The van der Waals surface area contributed by atoms with Crippen LogP contribution < -0.4 is 11.3 Å². The number of carbonyl (C=O) groups is 1. The quantitative estimate of drug-likeness (QED) is 0.465. The van der Waals surface area contributed by atoms with E-state index in [1.54, 1.807) is 0 Å². The van der Waals surface area contributed by atoms with Crippen LogP contribution in [0.2, 0.25) is 0 Å². The molecule has 2 rings (SSSR count). The summed E-state index contributed by atoms with van der Waals surface area (Å²) in [7, 11) is 2.06. The van der Waals surface area contributed by atoms with E-state index in [2.05, 4.69) is 29.5 Å². The zero-order valence-electron chi connectivity index (χ0n) is 11.2. The molecular weight excluding hydrogens is 242 g/mol. The zero-order valence-corrected chi connectivity index (χ0v) is 11.2. The fourth-order valence-corrected chi connectivity index (χ4v) is 2.43. The number of rotatable bonds is 5. The summed E-state index contributed by atoms with van der Waals surface area (Å²) in [4.78, 5) is 13.6. The minimum absolute atomic E-state index is 0.107. The topological polar surface area (TPSA) is 67.6 Å². The lowest BCUT2D eigenvalue weighted by Gasteiger charge is -2.21. The highest BCUT2D eigenvalue weighted by molar-refractivity contribution is 5.80. The number of hydrazine groups is 1. The molecule has 0 aliphatic carbocycles. The summed E-state index contributed by atoms with van der Waals surface area (Å²) in [5, 5.41) is 0. The van der Waals surface area contributed by atoms with Crippen LogP contribution in [0.25, 0.3) is 0 Å². The highest BCUT2D eigenvalue weighted by atomic mass is 16.5. The van der Waals surface area contributed by atoms with Gasteiger partial charge in [0.1, 0.15) is 6.10 Å². The molecule has 5 nitrogen and oxygen atoms in total. The first-order valence-corrected chi connectivity index (χ1v) is 6.57. The maximum atomic E-state index is 11.4. The van der Waals surface area contributed by atoms with Gasteiger partial charge in [-0.25, -0.2) is 5.84 Å². The lowest BCUT2D eigenvalue weighted by atomic mass is 10.1. The second-order valence-electron chi connectivity index (χ2n) is 5.02. The Bertz CT molecular complexity index is 410. The minimum Gasteiger partial charge on any atom is -0.364 e.